The van der Waals surface area contributed by atoms with Crippen molar-refractivity contribution < 1.29 is 18.0 Å². The molecule has 126 valence electrons. The van der Waals surface area contributed by atoms with Gasteiger partial charge in [0.25, 0.3) is 0 Å². The number of hydrogen-bond donors (Lipinski definition) is 2. The molecule has 0 bridgehead atoms. The van der Waals surface area contributed by atoms with Crippen molar-refractivity contribution in [2.24, 2.45) is 0 Å². The van der Waals surface area contributed by atoms with Gasteiger partial charge in [0.15, 0.2) is 0 Å². The SMILES string of the molecule is O=C(NCCC1=CCCCC1)NC1CCN(CC(F)(F)F)C1. The van der Waals surface area contributed by atoms with Crippen LogP contribution in [0, 0.1) is 0 Å². The molecule has 1 saturated heterocycles. The van der Waals surface area contributed by atoms with Crippen molar-refractivity contribution in [3.63, 3.8) is 0 Å². The van der Waals surface area contributed by atoms with Gasteiger partial charge >= 0.3 is 12.2 Å². The van der Waals surface area contributed by atoms with E-state index in [1.165, 1.54) is 23.3 Å². The average molecular weight is 319 g/mol. The number of nitrogens with zero attached hydrogens (tertiary/aromatic N) is 1. The molecule has 1 fully saturated rings. The van der Waals surface area contributed by atoms with Crippen LogP contribution in [0.1, 0.15) is 38.5 Å². The first-order valence-corrected chi connectivity index (χ1v) is 7.94. The van der Waals surface area contributed by atoms with Crippen LogP contribution in [-0.2, 0) is 0 Å². The predicted molar refractivity (Wildman–Crippen MR) is 78.6 cm³/mol. The minimum Gasteiger partial charge on any atom is -0.338 e. The molecule has 0 spiro atoms. The van der Waals surface area contributed by atoms with Crippen LogP contribution in [0.3, 0.4) is 0 Å². The molecule has 0 aromatic carbocycles. The summed E-state index contributed by atoms with van der Waals surface area (Å²) in [7, 11) is 0. The van der Waals surface area contributed by atoms with Crippen LogP contribution in [0.4, 0.5) is 18.0 Å². The van der Waals surface area contributed by atoms with E-state index in [9.17, 15) is 18.0 Å². The van der Waals surface area contributed by atoms with Gasteiger partial charge in [-0.1, -0.05) is 11.6 Å². The fourth-order valence-corrected chi connectivity index (χ4v) is 3.05. The molecule has 7 heteroatoms. The third-order valence-electron chi connectivity index (χ3n) is 4.13. The van der Waals surface area contributed by atoms with E-state index in [-0.39, 0.29) is 18.6 Å². The molecule has 1 unspecified atom stereocenters. The fraction of sp³-hybridized carbons (Fsp3) is 0.800. The number of amides is 2. The summed E-state index contributed by atoms with van der Waals surface area (Å²) in [6.07, 6.45) is 4.19. The van der Waals surface area contributed by atoms with Crippen LogP contribution in [0.25, 0.3) is 0 Å². The number of likely N-dealkylation sites (tertiary alicyclic amines) is 1. The molecular formula is C15H24F3N3O. The van der Waals surface area contributed by atoms with Crippen LogP contribution in [-0.4, -0.2) is 49.3 Å². The van der Waals surface area contributed by atoms with Crippen LogP contribution in [0.5, 0.6) is 0 Å². The molecule has 0 aromatic rings. The summed E-state index contributed by atoms with van der Waals surface area (Å²) in [5.74, 6) is 0. The molecule has 22 heavy (non-hydrogen) atoms. The molecule has 2 N–H and O–H groups in total. The standard InChI is InChI=1S/C15H24F3N3O/c16-15(17,18)11-21-9-7-13(10-21)20-14(22)19-8-6-12-4-2-1-3-5-12/h4,13H,1-3,5-11H2,(H2,19,20,22). The fourth-order valence-electron chi connectivity index (χ4n) is 3.05. The summed E-state index contributed by atoms with van der Waals surface area (Å²) >= 11 is 0. The van der Waals surface area contributed by atoms with Crippen molar-refractivity contribution in [1.82, 2.24) is 15.5 Å². The zero-order valence-electron chi connectivity index (χ0n) is 12.7. The Hall–Kier alpha value is -1.24. The van der Waals surface area contributed by atoms with Crippen LogP contribution >= 0.6 is 0 Å². The lowest BCUT2D eigenvalue weighted by Gasteiger charge is -2.18. The molecule has 0 saturated carbocycles. The molecule has 4 nitrogen and oxygen atoms in total. The molecular weight excluding hydrogens is 295 g/mol. The van der Waals surface area contributed by atoms with E-state index >= 15 is 0 Å². The molecule has 1 heterocycles. The van der Waals surface area contributed by atoms with E-state index in [1.54, 1.807) is 0 Å². The van der Waals surface area contributed by atoms with Gasteiger partial charge in [0, 0.05) is 25.7 Å². The topological polar surface area (TPSA) is 44.4 Å². The van der Waals surface area contributed by atoms with Crippen molar-refractivity contribution in [1.29, 1.82) is 0 Å². The summed E-state index contributed by atoms with van der Waals surface area (Å²) < 4.78 is 36.9. The summed E-state index contributed by atoms with van der Waals surface area (Å²) in [6, 6.07) is -0.480. The van der Waals surface area contributed by atoms with Crippen LogP contribution < -0.4 is 10.6 Å². The normalized spacial score (nSPS) is 23.2. The van der Waals surface area contributed by atoms with Gasteiger partial charge in [-0.2, -0.15) is 13.2 Å². The Bertz CT molecular complexity index is 409. The maximum atomic E-state index is 12.3. The highest BCUT2D eigenvalue weighted by molar-refractivity contribution is 5.74. The summed E-state index contributed by atoms with van der Waals surface area (Å²) in [5.41, 5.74) is 1.39. The van der Waals surface area contributed by atoms with E-state index in [0.717, 1.165) is 19.3 Å². The highest BCUT2D eigenvalue weighted by Gasteiger charge is 2.34. The van der Waals surface area contributed by atoms with Gasteiger partial charge in [-0.15, -0.1) is 0 Å². The second kappa shape index (κ2) is 7.85. The zero-order valence-corrected chi connectivity index (χ0v) is 12.7. The molecule has 0 aromatic heterocycles. The first kappa shape index (κ1) is 17.1. The summed E-state index contributed by atoms with van der Waals surface area (Å²) in [5, 5.41) is 5.54. The minimum atomic E-state index is -4.18. The molecule has 1 aliphatic heterocycles. The number of hydrogen-bond acceptors (Lipinski definition) is 2. The first-order valence-electron chi connectivity index (χ1n) is 7.94. The van der Waals surface area contributed by atoms with E-state index in [1.807, 2.05) is 0 Å². The lowest BCUT2D eigenvalue weighted by atomic mass is 9.97. The molecule has 2 amide bonds. The number of carbonyl (C=O) groups is 1. The predicted octanol–water partition coefficient (Wildman–Crippen LogP) is 2.81. The number of halogens is 3. The third kappa shape index (κ3) is 6.25. The van der Waals surface area contributed by atoms with Gasteiger partial charge in [-0.25, -0.2) is 4.79 Å². The summed E-state index contributed by atoms with van der Waals surface area (Å²) in [6.45, 7) is 0.313. The largest absolute Gasteiger partial charge is 0.401 e. The second-order valence-corrected chi connectivity index (χ2v) is 6.09. The Kier molecular flexibility index (Phi) is 6.11. The maximum absolute atomic E-state index is 12.3. The van der Waals surface area contributed by atoms with Gasteiger partial charge in [0.1, 0.15) is 0 Å². The third-order valence-corrected chi connectivity index (χ3v) is 4.13. The summed E-state index contributed by atoms with van der Waals surface area (Å²) in [4.78, 5) is 13.1. The van der Waals surface area contributed by atoms with Gasteiger partial charge in [0.05, 0.1) is 6.54 Å². The number of alkyl halides is 3. The van der Waals surface area contributed by atoms with Crippen molar-refractivity contribution in [2.45, 2.75) is 50.7 Å². The Morgan fingerprint density at radius 1 is 1.36 bits per heavy atom. The van der Waals surface area contributed by atoms with Gasteiger partial charge in [-0.05, 0) is 38.5 Å². The molecule has 1 aliphatic carbocycles. The quantitative estimate of drug-likeness (QED) is 0.765. The lowest BCUT2D eigenvalue weighted by molar-refractivity contribution is -0.143. The van der Waals surface area contributed by atoms with Crippen LogP contribution in [0.2, 0.25) is 0 Å². The monoisotopic (exact) mass is 319 g/mol. The van der Waals surface area contributed by atoms with E-state index < -0.39 is 12.7 Å². The number of allylic oxidation sites excluding steroid dienone is 1. The first-order chi connectivity index (χ1) is 10.4. The van der Waals surface area contributed by atoms with Gasteiger partial charge in [-0.3, -0.25) is 4.90 Å². The highest BCUT2D eigenvalue weighted by Crippen LogP contribution is 2.20. The molecule has 1 atom stereocenters. The van der Waals surface area contributed by atoms with E-state index in [4.69, 9.17) is 0 Å². The highest BCUT2D eigenvalue weighted by atomic mass is 19.4. The van der Waals surface area contributed by atoms with Crippen molar-refractivity contribution in [3.05, 3.63) is 11.6 Å². The smallest absolute Gasteiger partial charge is 0.338 e. The Balaban J connectivity index is 1.60. The number of nitrogens with one attached hydrogen (secondary N) is 2. The maximum Gasteiger partial charge on any atom is 0.401 e. The van der Waals surface area contributed by atoms with Crippen LogP contribution in [0.15, 0.2) is 11.6 Å². The Morgan fingerprint density at radius 3 is 2.86 bits per heavy atom. The van der Waals surface area contributed by atoms with Crippen molar-refractivity contribution in [3.8, 4) is 0 Å². The van der Waals surface area contributed by atoms with Crippen molar-refractivity contribution >= 4 is 6.03 Å². The van der Waals surface area contributed by atoms with E-state index in [0.29, 0.717) is 19.5 Å². The number of rotatable bonds is 5. The lowest BCUT2D eigenvalue weighted by Crippen LogP contribution is -2.44. The Labute approximate surface area is 129 Å². The van der Waals surface area contributed by atoms with Crippen molar-refractivity contribution in [2.75, 3.05) is 26.2 Å². The molecule has 2 rings (SSSR count). The second-order valence-electron chi connectivity index (χ2n) is 6.09. The molecule has 2 aliphatic rings. The van der Waals surface area contributed by atoms with Gasteiger partial charge in [0.2, 0.25) is 0 Å². The minimum absolute atomic E-state index is 0.198. The van der Waals surface area contributed by atoms with Gasteiger partial charge < -0.3 is 10.6 Å². The average Bonchev–Trinajstić information content (AvgIpc) is 2.84. The molecule has 0 radical (unpaired) electrons. The number of urea groups is 1. The Morgan fingerprint density at radius 2 is 2.18 bits per heavy atom. The zero-order chi connectivity index (χ0) is 16.0. The number of carbonyl (C=O) groups excluding carboxylic acids is 1. The van der Waals surface area contributed by atoms with E-state index in [2.05, 4.69) is 16.7 Å².